The van der Waals surface area contributed by atoms with Crippen molar-refractivity contribution in [3.05, 3.63) is 52.0 Å². The molecule has 7 heteroatoms. The van der Waals surface area contributed by atoms with Crippen LogP contribution in [0.2, 0.25) is 5.02 Å². The SMILES string of the molecule is CCOc1ccc(Cc2cc(C3CC(O)CC(CO)O3)c3c(c2Cl)NCCO3)cc1. The highest BCUT2D eigenvalue weighted by atomic mass is 35.5. The van der Waals surface area contributed by atoms with Crippen molar-refractivity contribution in [2.45, 2.75) is 44.5 Å². The van der Waals surface area contributed by atoms with Gasteiger partial charge in [0.05, 0.1) is 42.2 Å². The second kappa shape index (κ2) is 9.43. The highest BCUT2D eigenvalue weighted by Gasteiger charge is 2.33. The smallest absolute Gasteiger partial charge is 0.149 e. The van der Waals surface area contributed by atoms with Gasteiger partial charge in [-0.1, -0.05) is 23.7 Å². The summed E-state index contributed by atoms with van der Waals surface area (Å²) in [6.45, 7) is 3.68. The van der Waals surface area contributed by atoms with Crippen LogP contribution >= 0.6 is 11.6 Å². The van der Waals surface area contributed by atoms with Crippen molar-refractivity contribution >= 4 is 17.3 Å². The molecule has 1 fully saturated rings. The zero-order valence-electron chi connectivity index (χ0n) is 17.1. The van der Waals surface area contributed by atoms with Crippen LogP contribution in [0.3, 0.4) is 0 Å². The van der Waals surface area contributed by atoms with Crippen LogP contribution in [0.1, 0.15) is 42.6 Å². The summed E-state index contributed by atoms with van der Waals surface area (Å²) in [6.07, 6.45) is 0.244. The fourth-order valence-corrected chi connectivity index (χ4v) is 4.40. The van der Waals surface area contributed by atoms with E-state index >= 15 is 0 Å². The fraction of sp³-hybridized carbons (Fsp3) is 0.478. The predicted octanol–water partition coefficient (Wildman–Crippen LogP) is 3.71. The van der Waals surface area contributed by atoms with Crippen molar-refractivity contribution in [2.75, 3.05) is 31.7 Å². The lowest BCUT2D eigenvalue weighted by Crippen LogP contribution is -2.34. The van der Waals surface area contributed by atoms with Gasteiger partial charge in [0, 0.05) is 24.9 Å². The molecule has 162 valence electrons. The lowest BCUT2D eigenvalue weighted by molar-refractivity contribution is -0.114. The third-order valence-corrected chi connectivity index (χ3v) is 5.96. The lowest BCUT2D eigenvalue weighted by atomic mass is 9.92. The Balaban J connectivity index is 1.68. The van der Waals surface area contributed by atoms with Crippen molar-refractivity contribution in [1.82, 2.24) is 0 Å². The molecule has 0 aliphatic carbocycles. The predicted molar refractivity (Wildman–Crippen MR) is 116 cm³/mol. The molecule has 2 aromatic carbocycles. The first-order valence-electron chi connectivity index (χ1n) is 10.5. The van der Waals surface area contributed by atoms with E-state index in [4.69, 9.17) is 25.8 Å². The number of hydrogen-bond donors (Lipinski definition) is 3. The highest BCUT2D eigenvalue weighted by molar-refractivity contribution is 6.34. The molecule has 3 atom stereocenters. The van der Waals surface area contributed by atoms with Crippen molar-refractivity contribution in [1.29, 1.82) is 0 Å². The molecule has 3 N–H and O–H groups in total. The molecule has 3 unspecified atom stereocenters. The van der Waals surface area contributed by atoms with Gasteiger partial charge >= 0.3 is 0 Å². The van der Waals surface area contributed by atoms with E-state index in [0.29, 0.717) is 49.8 Å². The summed E-state index contributed by atoms with van der Waals surface area (Å²) in [6, 6.07) is 10.0. The first-order chi connectivity index (χ1) is 14.6. The van der Waals surface area contributed by atoms with Crippen LogP contribution in [-0.2, 0) is 11.2 Å². The van der Waals surface area contributed by atoms with Gasteiger partial charge in [0.25, 0.3) is 0 Å². The molecule has 2 aliphatic heterocycles. The zero-order chi connectivity index (χ0) is 21.1. The van der Waals surface area contributed by atoms with Crippen LogP contribution in [-0.4, -0.2) is 48.8 Å². The Bertz CT molecular complexity index is 873. The van der Waals surface area contributed by atoms with E-state index in [1.807, 2.05) is 37.3 Å². The maximum Gasteiger partial charge on any atom is 0.149 e. The van der Waals surface area contributed by atoms with Gasteiger partial charge in [-0.3, -0.25) is 0 Å². The molecule has 4 rings (SSSR count). The zero-order valence-corrected chi connectivity index (χ0v) is 17.8. The molecule has 0 aromatic heterocycles. The largest absolute Gasteiger partial charge is 0.494 e. The van der Waals surface area contributed by atoms with E-state index in [-0.39, 0.29) is 12.7 Å². The molecule has 6 nitrogen and oxygen atoms in total. The third kappa shape index (κ3) is 4.52. The Labute approximate surface area is 181 Å². The molecular formula is C23H28ClNO5. The van der Waals surface area contributed by atoms with Crippen LogP contribution < -0.4 is 14.8 Å². The van der Waals surface area contributed by atoms with Crippen molar-refractivity contribution in [2.24, 2.45) is 0 Å². The van der Waals surface area contributed by atoms with E-state index in [1.54, 1.807) is 0 Å². The third-order valence-electron chi connectivity index (χ3n) is 5.53. The Kier molecular flexibility index (Phi) is 6.68. The van der Waals surface area contributed by atoms with Crippen molar-refractivity contribution in [3.63, 3.8) is 0 Å². The highest BCUT2D eigenvalue weighted by Crippen LogP contribution is 2.46. The van der Waals surface area contributed by atoms with E-state index in [1.165, 1.54) is 0 Å². The van der Waals surface area contributed by atoms with E-state index in [2.05, 4.69) is 5.32 Å². The number of anilines is 1. The average molecular weight is 434 g/mol. The number of rotatable bonds is 6. The van der Waals surface area contributed by atoms with Gasteiger partial charge in [0.2, 0.25) is 0 Å². The summed E-state index contributed by atoms with van der Waals surface area (Å²) < 4.78 is 17.5. The van der Waals surface area contributed by atoms with Crippen LogP contribution in [0.15, 0.2) is 30.3 Å². The van der Waals surface area contributed by atoms with Gasteiger partial charge < -0.3 is 29.7 Å². The molecule has 0 radical (unpaired) electrons. The molecule has 0 bridgehead atoms. The van der Waals surface area contributed by atoms with E-state index < -0.39 is 12.2 Å². The minimum Gasteiger partial charge on any atom is -0.494 e. The molecular weight excluding hydrogens is 406 g/mol. The Hall–Kier alpha value is -1.99. The van der Waals surface area contributed by atoms with Crippen molar-refractivity contribution < 1.29 is 24.4 Å². The van der Waals surface area contributed by atoms with Gasteiger partial charge in [-0.15, -0.1) is 0 Å². The topological polar surface area (TPSA) is 80.2 Å². The number of aliphatic hydroxyl groups excluding tert-OH is 2. The van der Waals surface area contributed by atoms with Crippen molar-refractivity contribution in [3.8, 4) is 11.5 Å². The molecule has 0 spiro atoms. The van der Waals surface area contributed by atoms with Crippen LogP contribution in [0.25, 0.3) is 0 Å². The second-order valence-electron chi connectivity index (χ2n) is 7.73. The van der Waals surface area contributed by atoms with E-state index in [9.17, 15) is 10.2 Å². The van der Waals surface area contributed by atoms with Crippen LogP contribution in [0.5, 0.6) is 11.5 Å². The Morgan fingerprint density at radius 1 is 1.23 bits per heavy atom. The van der Waals surface area contributed by atoms with Crippen LogP contribution in [0.4, 0.5) is 5.69 Å². The first-order valence-corrected chi connectivity index (χ1v) is 10.8. The van der Waals surface area contributed by atoms with Gasteiger partial charge in [0.1, 0.15) is 18.1 Å². The summed E-state index contributed by atoms with van der Waals surface area (Å²) >= 11 is 6.76. The van der Waals surface area contributed by atoms with Gasteiger partial charge in [0.15, 0.2) is 0 Å². The maximum atomic E-state index is 10.3. The standard InChI is InChI=1S/C23H28ClNO5/c1-2-28-17-5-3-14(4-6-17)9-15-10-19(20-12-16(27)11-18(13-26)30-20)23-22(21(15)24)25-7-8-29-23/h3-6,10,16,18,20,25-27H,2,7-9,11-13H2,1H3. The minimum absolute atomic E-state index is 0.124. The first kappa shape index (κ1) is 21.2. The molecule has 0 saturated carbocycles. The van der Waals surface area contributed by atoms with Crippen LogP contribution in [0, 0.1) is 0 Å². The second-order valence-corrected chi connectivity index (χ2v) is 8.10. The normalized spacial score (nSPS) is 23.3. The molecule has 2 aliphatic rings. The molecule has 0 amide bonds. The minimum atomic E-state index is -0.529. The molecule has 2 aromatic rings. The number of aliphatic hydroxyl groups is 2. The summed E-state index contributed by atoms with van der Waals surface area (Å²) in [7, 11) is 0. The summed E-state index contributed by atoms with van der Waals surface area (Å²) in [5, 5.41) is 23.8. The average Bonchev–Trinajstić information content (AvgIpc) is 2.76. The van der Waals surface area contributed by atoms with Gasteiger partial charge in [-0.2, -0.15) is 0 Å². The quantitative estimate of drug-likeness (QED) is 0.644. The van der Waals surface area contributed by atoms with Gasteiger partial charge in [-0.05, 0) is 42.7 Å². The number of ether oxygens (including phenoxy) is 3. The molecule has 1 saturated heterocycles. The maximum absolute atomic E-state index is 10.3. The Morgan fingerprint density at radius 2 is 2.03 bits per heavy atom. The van der Waals surface area contributed by atoms with Gasteiger partial charge in [-0.25, -0.2) is 0 Å². The fourth-order valence-electron chi connectivity index (χ4n) is 4.13. The number of fused-ring (bicyclic) bond motifs is 1. The summed E-state index contributed by atoms with van der Waals surface area (Å²) in [5.74, 6) is 1.52. The summed E-state index contributed by atoms with van der Waals surface area (Å²) in [5.41, 5.74) is 3.70. The molecule has 2 heterocycles. The van der Waals surface area contributed by atoms with E-state index in [0.717, 1.165) is 28.1 Å². The monoisotopic (exact) mass is 433 g/mol. The lowest BCUT2D eigenvalue weighted by Gasteiger charge is -2.35. The number of hydrogen-bond acceptors (Lipinski definition) is 6. The summed E-state index contributed by atoms with van der Waals surface area (Å²) in [4.78, 5) is 0. The molecule has 30 heavy (non-hydrogen) atoms. The number of halogens is 1. The number of nitrogens with one attached hydrogen (secondary N) is 1. The Morgan fingerprint density at radius 3 is 2.77 bits per heavy atom. The number of benzene rings is 2.